The molecule has 19 heavy (non-hydrogen) atoms. The zero-order valence-electron chi connectivity index (χ0n) is 12.7. The van der Waals surface area contributed by atoms with Crippen LogP contribution < -0.4 is 5.32 Å². The standard InChI is InChI=1S/C17H28N2/c1-4-10-18-17(14(3)5-2)13-19-11-15-8-6-7-9-16(15)12-19/h6-9,14,17-18H,4-5,10-13H2,1-3H3. The minimum absolute atomic E-state index is 0.624. The number of hydrogen-bond donors (Lipinski definition) is 1. The van der Waals surface area contributed by atoms with E-state index in [2.05, 4.69) is 55.3 Å². The number of hydrogen-bond acceptors (Lipinski definition) is 2. The highest BCUT2D eigenvalue weighted by Crippen LogP contribution is 2.23. The van der Waals surface area contributed by atoms with Crippen LogP contribution in [-0.4, -0.2) is 24.0 Å². The zero-order valence-corrected chi connectivity index (χ0v) is 12.7. The molecule has 1 aromatic carbocycles. The van der Waals surface area contributed by atoms with Crippen LogP contribution in [0.15, 0.2) is 24.3 Å². The van der Waals surface area contributed by atoms with E-state index in [1.165, 1.54) is 30.5 Å². The van der Waals surface area contributed by atoms with Gasteiger partial charge in [0.2, 0.25) is 0 Å². The van der Waals surface area contributed by atoms with Crippen LogP contribution in [0.1, 0.15) is 44.7 Å². The van der Waals surface area contributed by atoms with Crippen LogP contribution in [0.25, 0.3) is 0 Å². The molecule has 0 radical (unpaired) electrons. The molecule has 0 saturated heterocycles. The van der Waals surface area contributed by atoms with Gasteiger partial charge in [0.25, 0.3) is 0 Å². The van der Waals surface area contributed by atoms with Crippen LogP contribution in [0.2, 0.25) is 0 Å². The average Bonchev–Trinajstić information content (AvgIpc) is 2.84. The SMILES string of the molecule is CCCNC(CN1Cc2ccccc2C1)C(C)CC. The Hall–Kier alpha value is -0.860. The van der Waals surface area contributed by atoms with Gasteiger partial charge >= 0.3 is 0 Å². The monoisotopic (exact) mass is 260 g/mol. The molecule has 2 heteroatoms. The summed E-state index contributed by atoms with van der Waals surface area (Å²) in [5, 5.41) is 3.73. The maximum absolute atomic E-state index is 3.73. The van der Waals surface area contributed by atoms with Gasteiger partial charge in [-0.2, -0.15) is 0 Å². The highest BCUT2D eigenvalue weighted by Gasteiger charge is 2.23. The first kappa shape index (κ1) is 14.5. The summed E-state index contributed by atoms with van der Waals surface area (Å²) in [5.74, 6) is 0.746. The molecule has 2 nitrogen and oxygen atoms in total. The molecule has 0 spiro atoms. The molecule has 106 valence electrons. The van der Waals surface area contributed by atoms with Crippen LogP contribution in [0.3, 0.4) is 0 Å². The summed E-state index contributed by atoms with van der Waals surface area (Å²) < 4.78 is 0. The summed E-state index contributed by atoms with van der Waals surface area (Å²) in [5.41, 5.74) is 3.03. The maximum atomic E-state index is 3.73. The first-order valence-electron chi connectivity index (χ1n) is 7.77. The van der Waals surface area contributed by atoms with Crippen molar-refractivity contribution in [1.82, 2.24) is 10.2 Å². The van der Waals surface area contributed by atoms with E-state index in [0.29, 0.717) is 6.04 Å². The predicted molar refractivity (Wildman–Crippen MR) is 82.1 cm³/mol. The van der Waals surface area contributed by atoms with Gasteiger partial charge in [0, 0.05) is 25.7 Å². The quantitative estimate of drug-likeness (QED) is 0.808. The lowest BCUT2D eigenvalue weighted by molar-refractivity contribution is 0.213. The van der Waals surface area contributed by atoms with E-state index in [1.807, 2.05) is 0 Å². The molecule has 1 aromatic rings. The Balaban J connectivity index is 1.92. The predicted octanol–water partition coefficient (Wildman–Crippen LogP) is 3.42. The van der Waals surface area contributed by atoms with Crippen molar-refractivity contribution in [3.8, 4) is 0 Å². The van der Waals surface area contributed by atoms with Crippen LogP contribution in [-0.2, 0) is 13.1 Å². The summed E-state index contributed by atoms with van der Waals surface area (Å²) in [4.78, 5) is 2.59. The fourth-order valence-electron chi connectivity index (χ4n) is 2.87. The van der Waals surface area contributed by atoms with Gasteiger partial charge in [0.05, 0.1) is 0 Å². The fraction of sp³-hybridized carbons (Fsp3) is 0.647. The second-order valence-electron chi connectivity index (χ2n) is 5.88. The molecular weight excluding hydrogens is 232 g/mol. The van der Waals surface area contributed by atoms with Gasteiger partial charge in [-0.1, -0.05) is 51.5 Å². The van der Waals surface area contributed by atoms with Crippen molar-refractivity contribution in [3.05, 3.63) is 35.4 Å². The Labute approximate surface area is 118 Å². The summed E-state index contributed by atoms with van der Waals surface area (Å²) in [7, 11) is 0. The largest absolute Gasteiger partial charge is 0.312 e. The molecule has 0 saturated carbocycles. The Morgan fingerprint density at radius 1 is 1.16 bits per heavy atom. The number of rotatable bonds is 7. The second-order valence-corrected chi connectivity index (χ2v) is 5.88. The number of fused-ring (bicyclic) bond motifs is 1. The maximum Gasteiger partial charge on any atom is 0.0241 e. The molecule has 0 aromatic heterocycles. The summed E-state index contributed by atoms with van der Waals surface area (Å²) in [6.45, 7) is 11.5. The molecule has 0 aliphatic carbocycles. The Kier molecular flexibility index (Phi) is 5.41. The van der Waals surface area contributed by atoms with Crippen LogP contribution >= 0.6 is 0 Å². The lowest BCUT2D eigenvalue weighted by atomic mass is 9.98. The molecule has 1 heterocycles. The van der Waals surface area contributed by atoms with Crippen molar-refractivity contribution < 1.29 is 0 Å². The van der Waals surface area contributed by atoms with E-state index in [4.69, 9.17) is 0 Å². The number of benzene rings is 1. The van der Waals surface area contributed by atoms with Crippen molar-refractivity contribution in [2.45, 2.75) is 52.7 Å². The Morgan fingerprint density at radius 3 is 2.32 bits per heavy atom. The molecule has 1 N–H and O–H groups in total. The van der Waals surface area contributed by atoms with E-state index in [-0.39, 0.29) is 0 Å². The zero-order chi connectivity index (χ0) is 13.7. The van der Waals surface area contributed by atoms with Gasteiger partial charge in [-0.3, -0.25) is 4.90 Å². The summed E-state index contributed by atoms with van der Waals surface area (Å²) in [6.07, 6.45) is 2.47. The minimum Gasteiger partial charge on any atom is -0.312 e. The first-order chi connectivity index (χ1) is 9.24. The fourth-order valence-corrected chi connectivity index (χ4v) is 2.87. The van der Waals surface area contributed by atoms with Crippen LogP contribution in [0, 0.1) is 5.92 Å². The normalized spacial score (nSPS) is 18.3. The highest BCUT2D eigenvalue weighted by atomic mass is 15.2. The Bertz CT molecular complexity index is 364. The topological polar surface area (TPSA) is 15.3 Å². The van der Waals surface area contributed by atoms with Crippen molar-refractivity contribution in [1.29, 1.82) is 0 Å². The smallest absolute Gasteiger partial charge is 0.0241 e. The lowest BCUT2D eigenvalue weighted by Gasteiger charge is -2.29. The van der Waals surface area contributed by atoms with E-state index < -0.39 is 0 Å². The molecule has 1 aliphatic rings. The Morgan fingerprint density at radius 2 is 1.79 bits per heavy atom. The molecule has 2 rings (SSSR count). The van der Waals surface area contributed by atoms with Crippen LogP contribution in [0.5, 0.6) is 0 Å². The van der Waals surface area contributed by atoms with Gasteiger partial charge in [-0.25, -0.2) is 0 Å². The minimum atomic E-state index is 0.624. The van der Waals surface area contributed by atoms with Crippen molar-refractivity contribution in [2.75, 3.05) is 13.1 Å². The van der Waals surface area contributed by atoms with Gasteiger partial charge in [0.1, 0.15) is 0 Å². The van der Waals surface area contributed by atoms with Gasteiger partial charge in [-0.15, -0.1) is 0 Å². The third-order valence-corrected chi connectivity index (χ3v) is 4.35. The van der Waals surface area contributed by atoms with E-state index in [9.17, 15) is 0 Å². The third-order valence-electron chi connectivity index (χ3n) is 4.35. The van der Waals surface area contributed by atoms with Gasteiger partial charge in [-0.05, 0) is 30.0 Å². The molecule has 0 bridgehead atoms. The van der Waals surface area contributed by atoms with Crippen molar-refractivity contribution >= 4 is 0 Å². The van der Waals surface area contributed by atoms with E-state index in [0.717, 1.165) is 25.6 Å². The van der Waals surface area contributed by atoms with E-state index in [1.54, 1.807) is 0 Å². The van der Waals surface area contributed by atoms with E-state index >= 15 is 0 Å². The number of nitrogens with zero attached hydrogens (tertiary/aromatic N) is 1. The number of nitrogens with one attached hydrogen (secondary N) is 1. The van der Waals surface area contributed by atoms with Crippen LogP contribution in [0.4, 0.5) is 0 Å². The summed E-state index contributed by atoms with van der Waals surface area (Å²) >= 11 is 0. The average molecular weight is 260 g/mol. The lowest BCUT2D eigenvalue weighted by Crippen LogP contribution is -2.43. The van der Waals surface area contributed by atoms with Crippen molar-refractivity contribution in [3.63, 3.8) is 0 Å². The molecular formula is C17H28N2. The second kappa shape index (κ2) is 7.06. The molecule has 0 fully saturated rings. The van der Waals surface area contributed by atoms with Gasteiger partial charge < -0.3 is 5.32 Å². The molecule has 2 atom stereocenters. The molecule has 1 aliphatic heterocycles. The summed E-state index contributed by atoms with van der Waals surface area (Å²) in [6, 6.07) is 9.48. The molecule has 2 unspecified atom stereocenters. The third kappa shape index (κ3) is 3.80. The first-order valence-corrected chi connectivity index (χ1v) is 7.77. The molecule has 0 amide bonds. The van der Waals surface area contributed by atoms with Crippen molar-refractivity contribution in [2.24, 2.45) is 5.92 Å². The van der Waals surface area contributed by atoms with Gasteiger partial charge in [0.15, 0.2) is 0 Å². The highest BCUT2D eigenvalue weighted by molar-refractivity contribution is 5.30.